The molecule has 3 aliphatic rings. The normalized spacial score (nSPS) is 27.0. The molecule has 1 spiro atoms. The predicted molar refractivity (Wildman–Crippen MR) is 110 cm³/mol. The fraction of sp³-hybridized carbons (Fsp3) is 0.955. The summed E-state index contributed by atoms with van der Waals surface area (Å²) in [6.07, 6.45) is 8.38. The monoisotopic (exact) mass is 379 g/mol. The number of carbonyl (C=O) groups excluding carboxylic acids is 1. The van der Waals surface area contributed by atoms with Crippen LogP contribution in [0.4, 0.5) is 0 Å². The van der Waals surface area contributed by atoms with Gasteiger partial charge in [-0.3, -0.25) is 9.69 Å². The van der Waals surface area contributed by atoms with Crippen molar-refractivity contribution in [2.45, 2.75) is 77.9 Å². The maximum atomic E-state index is 12.7. The van der Waals surface area contributed by atoms with E-state index in [0.717, 1.165) is 65.3 Å². The molecule has 0 aromatic rings. The fourth-order valence-electron chi connectivity index (χ4n) is 5.01. The number of rotatable bonds is 7. The average Bonchev–Trinajstić information content (AvgIpc) is 3.07. The number of ether oxygens (including phenoxy) is 1. The van der Waals surface area contributed by atoms with Crippen LogP contribution in [0.15, 0.2) is 0 Å². The van der Waals surface area contributed by atoms with E-state index >= 15 is 0 Å². The van der Waals surface area contributed by atoms with Crippen LogP contribution in [0.5, 0.6) is 0 Å². The second-order valence-electron chi connectivity index (χ2n) is 9.38. The molecule has 5 nitrogen and oxygen atoms in total. The van der Waals surface area contributed by atoms with Crippen LogP contribution in [-0.4, -0.2) is 85.2 Å². The van der Waals surface area contributed by atoms with Crippen molar-refractivity contribution in [2.75, 3.05) is 52.4 Å². The van der Waals surface area contributed by atoms with E-state index in [1.165, 1.54) is 25.7 Å². The minimum Gasteiger partial charge on any atom is -0.378 e. The van der Waals surface area contributed by atoms with E-state index in [9.17, 15) is 4.79 Å². The zero-order chi connectivity index (χ0) is 19.3. The van der Waals surface area contributed by atoms with Gasteiger partial charge in [-0.1, -0.05) is 19.8 Å². The predicted octanol–water partition coefficient (Wildman–Crippen LogP) is 2.99. The molecule has 1 amide bonds. The third-order valence-electron chi connectivity index (χ3n) is 7.12. The smallest absolute Gasteiger partial charge is 0.223 e. The van der Waals surface area contributed by atoms with Crippen LogP contribution >= 0.6 is 0 Å². The van der Waals surface area contributed by atoms with Crippen molar-refractivity contribution in [3.63, 3.8) is 0 Å². The van der Waals surface area contributed by atoms with Gasteiger partial charge in [-0.25, -0.2) is 0 Å². The van der Waals surface area contributed by atoms with Crippen LogP contribution in [0.3, 0.4) is 0 Å². The molecule has 0 aromatic heterocycles. The van der Waals surface area contributed by atoms with Gasteiger partial charge in [-0.2, -0.15) is 0 Å². The Morgan fingerprint density at radius 1 is 1.11 bits per heavy atom. The fourth-order valence-corrected chi connectivity index (χ4v) is 5.01. The van der Waals surface area contributed by atoms with E-state index in [2.05, 4.69) is 35.5 Å². The Morgan fingerprint density at radius 3 is 2.44 bits per heavy atom. The highest BCUT2D eigenvalue weighted by Gasteiger charge is 2.42. The molecular formula is C22H41N3O2. The standard InChI is InChI=1S/C22H41N3O2/c1-4-5-6-20-17-22(18-27-20)8-11-25(12-9-22)21(26)7-10-23-13-15-24(16-14-23)19(2)3/h19-20H,4-18H2,1-3H3. The summed E-state index contributed by atoms with van der Waals surface area (Å²) in [7, 11) is 0. The molecule has 27 heavy (non-hydrogen) atoms. The number of amides is 1. The van der Waals surface area contributed by atoms with E-state index in [0.29, 0.717) is 29.9 Å². The second-order valence-corrected chi connectivity index (χ2v) is 9.38. The van der Waals surface area contributed by atoms with Gasteiger partial charge in [-0.15, -0.1) is 0 Å². The molecule has 0 aliphatic carbocycles. The average molecular weight is 380 g/mol. The molecule has 1 unspecified atom stereocenters. The molecular weight excluding hydrogens is 338 g/mol. The van der Waals surface area contributed by atoms with Gasteiger partial charge in [0.2, 0.25) is 5.91 Å². The van der Waals surface area contributed by atoms with E-state index in [-0.39, 0.29) is 0 Å². The van der Waals surface area contributed by atoms with E-state index in [4.69, 9.17) is 4.74 Å². The molecule has 5 heteroatoms. The molecule has 3 heterocycles. The first kappa shape index (κ1) is 21.1. The van der Waals surface area contributed by atoms with Crippen LogP contribution in [0, 0.1) is 5.41 Å². The highest BCUT2D eigenvalue weighted by molar-refractivity contribution is 5.76. The quantitative estimate of drug-likeness (QED) is 0.681. The number of carbonyl (C=O) groups is 1. The van der Waals surface area contributed by atoms with Gasteiger partial charge < -0.3 is 14.5 Å². The number of hydrogen-bond acceptors (Lipinski definition) is 4. The summed E-state index contributed by atoms with van der Waals surface area (Å²) in [5, 5.41) is 0. The van der Waals surface area contributed by atoms with Crippen molar-refractivity contribution in [1.82, 2.24) is 14.7 Å². The lowest BCUT2D eigenvalue weighted by atomic mass is 9.76. The number of likely N-dealkylation sites (tertiary alicyclic amines) is 1. The van der Waals surface area contributed by atoms with Gasteiger partial charge in [0.25, 0.3) is 0 Å². The van der Waals surface area contributed by atoms with Crippen LogP contribution in [0.25, 0.3) is 0 Å². The minimum atomic E-state index is 0.359. The zero-order valence-electron chi connectivity index (χ0n) is 17.9. The Morgan fingerprint density at radius 2 is 1.81 bits per heavy atom. The number of hydrogen-bond donors (Lipinski definition) is 0. The minimum absolute atomic E-state index is 0.359. The number of piperidine rings is 1. The summed E-state index contributed by atoms with van der Waals surface area (Å²) in [6.45, 7) is 15.0. The van der Waals surface area contributed by atoms with Crippen LogP contribution in [-0.2, 0) is 9.53 Å². The maximum absolute atomic E-state index is 12.7. The van der Waals surface area contributed by atoms with Crippen LogP contribution in [0.2, 0.25) is 0 Å². The highest BCUT2D eigenvalue weighted by atomic mass is 16.5. The van der Waals surface area contributed by atoms with Crippen LogP contribution in [0.1, 0.15) is 65.7 Å². The molecule has 0 N–H and O–H groups in total. The van der Waals surface area contributed by atoms with Crippen molar-refractivity contribution in [3.8, 4) is 0 Å². The number of piperazine rings is 1. The molecule has 3 saturated heterocycles. The van der Waals surface area contributed by atoms with Gasteiger partial charge in [-0.05, 0) is 44.9 Å². The van der Waals surface area contributed by atoms with Crippen molar-refractivity contribution in [3.05, 3.63) is 0 Å². The van der Waals surface area contributed by atoms with Crippen molar-refractivity contribution < 1.29 is 9.53 Å². The summed E-state index contributed by atoms with van der Waals surface area (Å²) in [6, 6.07) is 0.635. The first-order valence-corrected chi connectivity index (χ1v) is 11.4. The molecule has 0 radical (unpaired) electrons. The molecule has 0 bridgehead atoms. The first-order valence-electron chi connectivity index (χ1n) is 11.4. The topological polar surface area (TPSA) is 36.0 Å². The lowest BCUT2D eigenvalue weighted by Crippen LogP contribution is -2.50. The maximum Gasteiger partial charge on any atom is 0.223 e. The lowest BCUT2D eigenvalue weighted by molar-refractivity contribution is -0.134. The van der Waals surface area contributed by atoms with Gasteiger partial charge in [0.15, 0.2) is 0 Å². The summed E-state index contributed by atoms with van der Waals surface area (Å²) in [4.78, 5) is 19.8. The third kappa shape index (κ3) is 5.68. The SMILES string of the molecule is CCCCC1CC2(CCN(C(=O)CCN3CCN(C(C)C)CC3)CC2)CO1. The number of nitrogens with zero attached hydrogens (tertiary/aromatic N) is 3. The van der Waals surface area contributed by atoms with Crippen molar-refractivity contribution in [2.24, 2.45) is 5.41 Å². The largest absolute Gasteiger partial charge is 0.378 e. The Bertz CT molecular complexity index is 466. The summed E-state index contributed by atoms with van der Waals surface area (Å²) in [5.41, 5.74) is 0.363. The second kappa shape index (κ2) is 9.71. The Balaban J connectivity index is 1.34. The summed E-state index contributed by atoms with van der Waals surface area (Å²) < 4.78 is 6.08. The van der Waals surface area contributed by atoms with Gasteiger partial charge >= 0.3 is 0 Å². The molecule has 0 aromatic carbocycles. The van der Waals surface area contributed by atoms with Gasteiger partial charge in [0, 0.05) is 58.3 Å². The van der Waals surface area contributed by atoms with E-state index in [1.54, 1.807) is 0 Å². The molecule has 0 saturated carbocycles. The summed E-state index contributed by atoms with van der Waals surface area (Å²) in [5.74, 6) is 0.359. The first-order chi connectivity index (χ1) is 13.0. The molecule has 3 rings (SSSR count). The van der Waals surface area contributed by atoms with Crippen molar-refractivity contribution >= 4 is 5.91 Å². The third-order valence-corrected chi connectivity index (χ3v) is 7.12. The zero-order valence-corrected chi connectivity index (χ0v) is 17.9. The van der Waals surface area contributed by atoms with Gasteiger partial charge in [0.1, 0.15) is 0 Å². The molecule has 156 valence electrons. The number of unbranched alkanes of at least 4 members (excludes halogenated alkanes) is 1. The molecule has 3 aliphatic heterocycles. The Labute approximate surface area is 166 Å². The van der Waals surface area contributed by atoms with Crippen LogP contribution < -0.4 is 0 Å². The van der Waals surface area contributed by atoms with E-state index in [1.807, 2.05) is 0 Å². The van der Waals surface area contributed by atoms with Gasteiger partial charge in [0.05, 0.1) is 12.7 Å². The Hall–Kier alpha value is -0.650. The van der Waals surface area contributed by atoms with E-state index < -0.39 is 0 Å². The molecule has 1 atom stereocenters. The highest BCUT2D eigenvalue weighted by Crippen LogP contribution is 2.43. The molecule has 3 fully saturated rings. The lowest BCUT2D eigenvalue weighted by Gasteiger charge is -2.39. The Kier molecular flexibility index (Phi) is 7.57. The summed E-state index contributed by atoms with van der Waals surface area (Å²) >= 11 is 0. The van der Waals surface area contributed by atoms with Crippen molar-refractivity contribution in [1.29, 1.82) is 0 Å².